The Morgan fingerprint density at radius 1 is 0.860 bits per heavy atom. The van der Waals surface area contributed by atoms with Gasteiger partial charge in [-0.15, -0.1) is 0 Å². The number of nitrogens with zero attached hydrogens (tertiary/aromatic N) is 2. The highest BCUT2D eigenvalue weighted by Gasteiger charge is 2.38. The summed E-state index contributed by atoms with van der Waals surface area (Å²) in [5.41, 5.74) is -0.230. The third kappa shape index (κ3) is 9.46. The SMILES string of the molecule is O=C(NC1CCCCC1)[C@@H](Cc1ccccc1)N(Cc1ccc(Br)cc1)C(=O)CN(c1ccc(Cl)c(C(F)(F)F)c1)S(=O)(=O)c1ccccc1. The van der Waals surface area contributed by atoms with E-state index in [2.05, 4.69) is 21.2 Å². The molecule has 0 spiro atoms. The van der Waals surface area contributed by atoms with Crippen LogP contribution >= 0.6 is 27.5 Å². The van der Waals surface area contributed by atoms with Gasteiger partial charge in [-0.1, -0.05) is 107 Å². The number of hydrogen-bond acceptors (Lipinski definition) is 4. The van der Waals surface area contributed by atoms with Crippen LogP contribution in [0.2, 0.25) is 5.02 Å². The van der Waals surface area contributed by atoms with E-state index in [0.717, 1.165) is 54.3 Å². The monoisotopic (exact) mass is 789 g/mol. The van der Waals surface area contributed by atoms with Crippen LogP contribution in [0.3, 0.4) is 0 Å². The number of carbonyl (C=O) groups excluding carboxylic acids is 2. The zero-order chi connectivity index (χ0) is 35.9. The Labute approximate surface area is 303 Å². The topological polar surface area (TPSA) is 86.8 Å². The van der Waals surface area contributed by atoms with Gasteiger partial charge in [0.1, 0.15) is 12.6 Å². The molecule has 0 aromatic heterocycles. The Morgan fingerprint density at radius 3 is 2.10 bits per heavy atom. The van der Waals surface area contributed by atoms with Crippen LogP contribution in [0, 0.1) is 0 Å². The van der Waals surface area contributed by atoms with Crippen molar-refractivity contribution in [2.45, 2.75) is 68.2 Å². The number of amides is 2. The normalized spacial score (nSPS) is 14.5. The van der Waals surface area contributed by atoms with Crippen LogP contribution < -0.4 is 9.62 Å². The predicted octanol–water partition coefficient (Wildman–Crippen LogP) is 8.41. The molecule has 0 unspecified atom stereocenters. The van der Waals surface area contributed by atoms with Crippen LogP contribution in [-0.4, -0.2) is 43.8 Å². The summed E-state index contributed by atoms with van der Waals surface area (Å²) in [5, 5.41) is 2.51. The lowest BCUT2D eigenvalue weighted by Crippen LogP contribution is -2.55. The summed E-state index contributed by atoms with van der Waals surface area (Å²) in [6.45, 7) is -0.968. The van der Waals surface area contributed by atoms with Crippen molar-refractivity contribution in [1.82, 2.24) is 10.2 Å². The minimum absolute atomic E-state index is 0.0741. The van der Waals surface area contributed by atoms with Gasteiger partial charge < -0.3 is 10.2 Å². The first kappa shape index (κ1) is 37.4. The van der Waals surface area contributed by atoms with Crippen molar-refractivity contribution in [1.29, 1.82) is 0 Å². The second kappa shape index (κ2) is 16.4. The van der Waals surface area contributed by atoms with Gasteiger partial charge in [-0.2, -0.15) is 13.2 Å². The van der Waals surface area contributed by atoms with Crippen molar-refractivity contribution < 1.29 is 31.2 Å². The zero-order valence-corrected chi connectivity index (χ0v) is 30.1. The highest BCUT2D eigenvalue weighted by Crippen LogP contribution is 2.38. The Kier molecular flexibility index (Phi) is 12.3. The molecule has 1 saturated carbocycles. The fourth-order valence-corrected chi connectivity index (χ4v) is 7.93. The molecular formula is C37H36BrClF3N3O4S. The van der Waals surface area contributed by atoms with Crippen molar-refractivity contribution in [2.24, 2.45) is 0 Å². The lowest BCUT2D eigenvalue weighted by atomic mass is 9.94. The molecule has 1 atom stereocenters. The van der Waals surface area contributed by atoms with Gasteiger partial charge in [-0.3, -0.25) is 13.9 Å². The number of rotatable bonds is 12. The fourth-order valence-electron chi connectivity index (χ4n) is 6.02. The van der Waals surface area contributed by atoms with Crippen LogP contribution in [0.15, 0.2) is 112 Å². The van der Waals surface area contributed by atoms with Crippen molar-refractivity contribution >= 4 is 55.1 Å². The zero-order valence-electron chi connectivity index (χ0n) is 27.0. The van der Waals surface area contributed by atoms with Crippen LogP contribution in [0.25, 0.3) is 0 Å². The summed E-state index contributed by atoms with van der Waals surface area (Å²) in [7, 11) is -4.60. The van der Waals surface area contributed by atoms with E-state index in [-0.39, 0.29) is 23.9 Å². The number of halogens is 5. The molecule has 13 heteroatoms. The number of hydrogen-bond donors (Lipinski definition) is 1. The van der Waals surface area contributed by atoms with Crippen molar-refractivity contribution in [3.05, 3.63) is 129 Å². The standard InChI is InChI=1S/C37H36BrClF3N3O4S/c38-28-18-16-27(17-19-28)24-44(34(22-26-10-4-1-5-11-26)36(47)43-29-12-6-2-7-13-29)35(46)25-45(50(48,49)31-14-8-3-9-15-31)30-20-21-33(39)32(23-30)37(40,41)42/h1,3-5,8-11,14-21,23,29,34H,2,6-7,12-13,22,24-25H2,(H,43,47)/t34-/m1/s1. The molecule has 50 heavy (non-hydrogen) atoms. The molecule has 0 heterocycles. The van der Waals surface area contributed by atoms with Gasteiger partial charge in [0, 0.05) is 23.5 Å². The maximum Gasteiger partial charge on any atom is 0.417 e. The first-order valence-corrected chi connectivity index (χ1v) is 18.8. The highest BCUT2D eigenvalue weighted by molar-refractivity contribution is 9.10. The maximum absolute atomic E-state index is 14.6. The van der Waals surface area contributed by atoms with Gasteiger partial charge in [-0.05, 0) is 66.4 Å². The maximum atomic E-state index is 14.6. The molecule has 0 saturated heterocycles. The lowest BCUT2D eigenvalue weighted by Gasteiger charge is -2.35. The smallest absolute Gasteiger partial charge is 0.352 e. The van der Waals surface area contributed by atoms with E-state index in [0.29, 0.717) is 15.9 Å². The average Bonchev–Trinajstić information content (AvgIpc) is 3.10. The van der Waals surface area contributed by atoms with E-state index in [1.165, 1.54) is 29.2 Å². The van der Waals surface area contributed by atoms with E-state index < -0.39 is 56.9 Å². The van der Waals surface area contributed by atoms with Crippen molar-refractivity contribution in [3.63, 3.8) is 0 Å². The molecule has 4 aromatic rings. The molecule has 0 radical (unpaired) electrons. The fraction of sp³-hybridized carbons (Fsp3) is 0.297. The van der Waals surface area contributed by atoms with Gasteiger partial charge >= 0.3 is 6.18 Å². The quantitative estimate of drug-likeness (QED) is 0.156. The number of alkyl halides is 3. The number of anilines is 1. The van der Waals surface area contributed by atoms with Gasteiger partial charge in [0.25, 0.3) is 10.0 Å². The van der Waals surface area contributed by atoms with Crippen LogP contribution in [-0.2, 0) is 38.8 Å². The number of carbonyl (C=O) groups is 2. The van der Waals surface area contributed by atoms with Gasteiger partial charge in [-0.25, -0.2) is 8.42 Å². The Balaban J connectivity index is 1.60. The third-order valence-corrected chi connectivity index (χ3v) is 11.3. The van der Waals surface area contributed by atoms with E-state index in [1.54, 1.807) is 30.3 Å². The van der Waals surface area contributed by atoms with E-state index in [1.807, 2.05) is 30.3 Å². The summed E-state index contributed by atoms with van der Waals surface area (Å²) >= 11 is 9.31. The van der Waals surface area contributed by atoms with Gasteiger partial charge in [0.05, 0.1) is 21.2 Å². The van der Waals surface area contributed by atoms with Crippen molar-refractivity contribution in [2.75, 3.05) is 10.8 Å². The Bertz CT molecular complexity index is 1880. The average molecular weight is 791 g/mol. The first-order chi connectivity index (χ1) is 23.8. The van der Waals surface area contributed by atoms with Crippen LogP contribution in [0.1, 0.15) is 48.8 Å². The molecule has 5 rings (SSSR count). The second-order valence-electron chi connectivity index (χ2n) is 12.2. The van der Waals surface area contributed by atoms with Gasteiger partial charge in [0.2, 0.25) is 11.8 Å². The molecule has 0 aliphatic heterocycles. The summed E-state index contributed by atoms with van der Waals surface area (Å²) in [6.07, 6.45) is -0.193. The molecule has 1 fully saturated rings. The van der Waals surface area contributed by atoms with Crippen molar-refractivity contribution in [3.8, 4) is 0 Å². The third-order valence-electron chi connectivity index (χ3n) is 8.64. The number of nitrogens with one attached hydrogen (secondary N) is 1. The molecule has 0 bridgehead atoms. The molecule has 1 N–H and O–H groups in total. The minimum Gasteiger partial charge on any atom is -0.352 e. The van der Waals surface area contributed by atoms with Crippen LogP contribution in [0.4, 0.5) is 18.9 Å². The highest BCUT2D eigenvalue weighted by atomic mass is 79.9. The summed E-state index contributed by atoms with van der Waals surface area (Å²) in [6, 6.07) is 24.9. The molecule has 264 valence electrons. The Hall–Kier alpha value is -3.87. The van der Waals surface area contributed by atoms with E-state index in [4.69, 9.17) is 11.6 Å². The second-order valence-corrected chi connectivity index (χ2v) is 15.4. The largest absolute Gasteiger partial charge is 0.417 e. The summed E-state index contributed by atoms with van der Waals surface area (Å²) in [4.78, 5) is 29.9. The molecule has 1 aliphatic carbocycles. The lowest BCUT2D eigenvalue weighted by molar-refractivity contribution is -0.140. The predicted molar refractivity (Wildman–Crippen MR) is 191 cm³/mol. The van der Waals surface area contributed by atoms with Gasteiger partial charge in [0.15, 0.2) is 0 Å². The van der Waals surface area contributed by atoms with Crippen LogP contribution in [0.5, 0.6) is 0 Å². The molecule has 1 aliphatic rings. The summed E-state index contributed by atoms with van der Waals surface area (Å²) < 4.78 is 71.7. The van der Waals surface area contributed by atoms with E-state index >= 15 is 0 Å². The Morgan fingerprint density at radius 2 is 1.48 bits per heavy atom. The molecule has 4 aromatic carbocycles. The molecular weight excluding hydrogens is 755 g/mol. The van der Waals surface area contributed by atoms with E-state index in [9.17, 15) is 31.2 Å². The first-order valence-electron chi connectivity index (χ1n) is 16.2. The molecule has 7 nitrogen and oxygen atoms in total. The molecule has 2 amide bonds. The number of benzene rings is 4. The minimum atomic E-state index is -4.90. The number of sulfonamides is 1. The summed E-state index contributed by atoms with van der Waals surface area (Å²) in [5.74, 6) is -1.18.